The first kappa shape index (κ1) is 15.1. The fourth-order valence-corrected chi connectivity index (χ4v) is 1.76. The molecule has 0 amide bonds. The number of non-ortho nitro benzene ring substituents is 1. The molecule has 0 unspecified atom stereocenters. The van der Waals surface area contributed by atoms with E-state index in [1.165, 1.54) is 16.8 Å². The first-order chi connectivity index (χ1) is 10.2. The highest BCUT2D eigenvalue weighted by Gasteiger charge is 2.16. The van der Waals surface area contributed by atoms with Gasteiger partial charge >= 0.3 is 0 Å². The van der Waals surface area contributed by atoms with E-state index >= 15 is 0 Å². The van der Waals surface area contributed by atoms with Crippen LogP contribution < -0.4 is 0 Å². The van der Waals surface area contributed by atoms with Gasteiger partial charge in [-0.2, -0.15) is 0 Å². The second kappa shape index (κ2) is 6.91. The number of nitro benzene ring substituents is 1. The lowest BCUT2D eigenvalue weighted by Gasteiger charge is -2.13. The summed E-state index contributed by atoms with van der Waals surface area (Å²) in [5.41, 5.74) is 1.25. The highest BCUT2D eigenvalue weighted by molar-refractivity contribution is 5.40. The zero-order valence-electron chi connectivity index (χ0n) is 11.8. The summed E-state index contributed by atoms with van der Waals surface area (Å²) in [5, 5.41) is 18.6. The summed E-state index contributed by atoms with van der Waals surface area (Å²) >= 11 is 0. The number of ether oxygens (including phenoxy) is 2. The zero-order chi connectivity index (χ0) is 15.2. The fraction of sp³-hybridized carbons (Fsp3) is 0.385. The SMILES string of the molecule is CCOC(OCC)c1cn(-c2ccc([N+](=O)[O-])cc2)nn1. The van der Waals surface area contributed by atoms with E-state index in [0.717, 1.165) is 0 Å². The van der Waals surface area contributed by atoms with E-state index in [4.69, 9.17) is 9.47 Å². The first-order valence-corrected chi connectivity index (χ1v) is 6.56. The molecule has 1 aromatic heterocycles. The van der Waals surface area contributed by atoms with Gasteiger partial charge in [0.2, 0.25) is 6.29 Å². The Morgan fingerprint density at radius 2 is 1.86 bits per heavy atom. The molecule has 2 rings (SSSR count). The minimum Gasteiger partial charge on any atom is -0.347 e. The van der Waals surface area contributed by atoms with Crippen LogP contribution in [0, 0.1) is 10.1 Å². The number of nitrogens with zero attached hydrogens (tertiary/aromatic N) is 4. The van der Waals surface area contributed by atoms with Crippen molar-refractivity contribution < 1.29 is 14.4 Å². The Morgan fingerprint density at radius 3 is 2.38 bits per heavy atom. The normalized spacial score (nSPS) is 11.0. The minimum absolute atomic E-state index is 0.0283. The van der Waals surface area contributed by atoms with Gasteiger partial charge < -0.3 is 9.47 Å². The standard InChI is InChI=1S/C13H16N4O4/c1-3-20-13(21-4-2)12-9-16(15-14-12)10-5-7-11(8-6-10)17(18)19/h5-9,13H,3-4H2,1-2H3. The summed E-state index contributed by atoms with van der Waals surface area (Å²) in [6, 6.07) is 6.04. The summed E-state index contributed by atoms with van der Waals surface area (Å²) in [4.78, 5) is 10.2. The molecule has 8 nitrogen and oxygen atoms in total. The van der Waals surface area contributed by atoms with Gasteiger partial charge in [-0.15, -0.1) is 5.10 Å². The van der Waals surface area contributed by atoms with Crippen LogP contribution in [0.3, 0.4) is 0 Å². The predicted octanol–water partition coefficient (Wildman–Crippen LogP) is 2.25. The van der Waals surface area contributed by atoms with Crippen molar-refractivity contribution in [2.45, 2.75) is 20.1 Å². The van der Waals surface area contributed by atoms with E-state index in [9.17, 15) is 10.1 Å². The Morgan fingerprint density at radius 1 is 1.24 bits per heavy atom. The molecule has 2 aromatic rings. The van der Waals surface area contributed by atoms with Gasteiger partial charge in [-0.3, -0.25) is 10.1 Å². The second-order valence-electron chi connectivity index (χ2n) is 4.10. The summed E-state index contributed by atoms with van der Waals surface area (Å²) in [6.07, 6.45) is 1.11. The van der Waals surface area contributed by atoms with Crippen LogP contribution in [0.2, 0.25) is 0 Å². The number of benzene rings is 1. The van der Waals surface area contributed by atoms with Crippen LogP contribution in [0.15, 0.2) is 30.5 Å². The maximum atomic E-state index is 10.6. The van der Waals surface area contributed by atoms with Crippen LogP contribution in [0.1, 0.15) is 25.8 Å². The molecule has 0 bridgehead atoms. The molecule has 0 atom stereocenters. The van der Waals surface area contributed by atoms with Crippen molar-refractivity contribution in [2.75, 3.05) is 13.2 Å². The highest BCUT2D eigenvalue weighted by Crippen LogP contribution is 2.19. The number of nitro groups is 1. The Labute approximate surface area is 121 Å². The van der Waals surface area contributed by atoms with Crippen molar-refractivity contribution in [3.8, 4) is 5.69 Å². The molecule has 0 fully saturated rings. The van der Waals surface area contributed by atoms with Crippen molar-refractivity contribution in [1.29, 1.82) is 0 Å². The molecule has 21 heavy (non-hydrogen) atoms. The van der Waals surface area contributed by atoms with E-state index in [0.29, 0.717) is 24.6 Å². The lowest BCUT2D eigenvalue weighted by molar-refractivity contribution is -0.384. The molecule has 0 saturated heterocycles. The van der Waals surface area contributed by atoms with Gasteiger partial charge in [0, 0.05) is 25.3 Å². The maximum Gasteiger partial charge on any atom is 0.269 e. The van der Waals surface area contributed by atoms with Gasteiger partial charge in [-0.25, -0.2) is 4.68 Å². The lowest BCUT2D eigenvalue weighted by Crippen LogP contribution is -2.09. The van der Waals surface area contributed by atoms with Crippen LogP contribution in [0.5, 0.6) is 0 Å². The maximum absolute atomic E-state index is 10.6. The van der Waals surface area contributed by atoms with Gasteiger partial charge in [0.15, 0.2) is 0 Å². The zero-order valence-corrected chi connectivity index (χ0v) is 11.8. The quantitative estimate of drug-likeness (QED) is 0.441. The Bertz CT molecular complexity index is 590. The molecule has 0 radical (unpaired) electrons. The smallest absolute Gasteiger partial charge is 0.269 e. The lowest BCUT2D eigenvalue weighted by atomic mass is 10.3. The summed E-state index contributed by atoms with van der Waals surface area (Å²) in [6.45, 7) is 4.73. The number of rotatable bonds is 7. The molecule has 1 heterocycles. The molecular weight excluding hydrogens is 276 g/mol. The molecule has 1 aromatic carbocycles. The summed E-state index contributed by atoms with van der Waals surface area (Å²) < 4.78 is 12.4. The van der Waals surface area contributed by atoms with Gasteiger partial charge in [0.05, 0.1) is 16.8 Å². The molecule has 0 aliphatic carbocycles. The topological polar surface area (TPSA) is 92.3 Å². The van der Waals surface area contributed by atoms with Crippen molar-refractivity contribution in [3.63, 3.8) is 0 Å². The average molecular weight is 292 g/mol. The fourth-order valence-electron chi connectivity index (χ4n) is 1.76. The van der Waals surface area contributed by atoms with Crippen molar-refractivity contribution in [2.24, 2.45) is 0 Å². The largest absolute Gasteiger partial charge is 0.347 e. The van der Waals surface area contributed by atoms with Gasteiger partial charge in [0.25, 0.3) is 5.69 Å². The highest BCUT2D eigenvalue weighted by atomic mass is 16.7. The van der Waals surface area contributed by atoms with Crippen LogP contribution in [-0.2, 0) is 9.47 Å². The third kappa shape index (κ3) is 3.61. The minimum atomic E-state index is -0.563. The van der Waals surface area contributed by atoms with Crippen LogP contribution in [0.25, 0.3) is 5.69 Å². The average Bonchev–Trinajstić information content (AvgIpc) is 2.97. The van der Waals surface area contributed by atoms with Gasteiger partial charge in [0.1, 0.15) is 5.69 Å². The third-order valence-electron chi connectivity index (χ3n) is 2.71. The first-order valence-electron chi connectivity index (χ1n) is 6.56. The number of aromatic nitrogens is 3. The summed E-state index contributed by atoms with van der Waals surface area (Å²) in [5.74, 6) is 0. The molecule has 0 N–H and O–H groups in total. The van der Waals surface area contributed by atoms with E-state index in [1.54, 1.807) is 18.3 Å². The van der Waals surface area contributed by atoms with Crippen molar-refractivity contribution >= 4 is 5.69 Å². The Hall–Kier alpha value is -2.32. The van der Waals surface area contributed by atoms with E-state index in [-0.39, 0.29) is 5.69 Å². The monoisotopic (exact) mass is 292 g/mol. The van der Waals surface area contributed by atoms with Crippen LogP contribution >= 0.6 is 0 Å². The van der Waals surface area contributed by atoms with Crippen LogP contribution in [-0.4, -0.2) is 33.1 Å². The van der Waals surface area contributed by atoms with Gasteiger partial charge in [-0.05, 0) is 26.0 Å². The molecule has 112 valence electrons. The van der Waals surface area contributed by atoms with Crippen molar-refractivity contribution in [3.05, 3.63) is 46.3 Å². The number of hydrogen-bond donors (Lipinski definition) is 0. The van der Waals surface area contributed by atoms with Gasteiger partial charge in [-0.1, -0.05) is 5.21 Å². The Balaban J connectivity index is 2.20. The van der Waals surface area contributed by atoms with E-state index in [2.05, 4.69) is 10.3 Å². The van der Waals surface area contributed by atoms with E-state index < -0.39 is 11.2 Å². The molecule has 0 aliphatic rings. The predicted molar refractivity (Wildman–Crippen MR) is 74.0 cm³/mol. The number of hydrogen-bond acceptors (Lipinski definition) is 6. The van der Waals surface area contributed by atoms with Crippen molar-refractivity contribution in [1.82, 2.24) is 15.0 Å². The molecule has 0 spiro atoms. The second-order valence-corrected chi connectivity index (χ2v) is 4.10. The molecular formula is C13H16N4O4. The molecule has 0 saturated carbocycles. The van der Waals surface area contributed by atoms with E-state index in [1.807, 2.05) is 13.8 Å². The summed E-state index contributed by atoms with van der Waals surface area (Å²) in [7, 11) is 0. The third-order valence-corrected chi connectivity index (χ3v) is 2.71. The molecule has 8 heteroatoms. The Kier molecular flexibility index (Phi) is 4.96. The van der Waals surface area contributed by atoms with Crippen LogP contribution in [0.4, 0.5) is 5.69 Å². The molecule has 0 aliphatic heterocycles.